The number of Topliss-reactive ketones (excluding diaryl/α,β-unsaturated/α-hetero) is 1. The third-order valence-electron chi connectivity index (χ3n) is 2.69. The van der Waals surface area contributed by atoms with Crippen LogP contribution in [0.4, 0.5) is 4.39 Å². The maximum absolute atomic E-state index is 13.4. The zero-order valence-electron chi connectivity index (χ0n) is 10.3. The van der Waals surface area contributed by atoms with Gasteiger partial charge in [0.05, 0.1) is 4.47 Å². The van der Waals surface area contributed by atoms with Crippen molar-refractivity contribution in [3.8, 4) is 0 Å². The molecule has 2 rings (SSSR count). The van der Waals surface area contributed by atoms with Gasteiger partial charge in [0.1, 0.15) is 5.82 Å². The van der Waals surface area contributed by atoms with Crippen molar-refractivity contribution in [2.24, 2.45) is 0 Å². The van der Waals surface area contributed by atoms with Crippen molar-refractivity contribution in [2.45, 2.75) is 17.6 Å². The van der Waals surface area contributed by atoms with Crippen LogP contribution < -0.4 is 0 Å². The molecule has 0 fully saturated rings. The van der Waals surface area contributed by atoms with Gasteiger partial charge >= 0.3 is 0 Å². The van der Waals surface area contributed by atoms with Gasteiger partial charge in [-0.15, -0.1) is 11.8 Å². The van der Waals surface area contributed by atoms with E-state index in [1.54, 1.807) is 24.8 Å². The molecule has 0 saturated heterocycles. The first kappa shape index (κ1) is 14.3. The Bertz CT molecular complexity index is 596. The molecule has 0 saturated carbocycles. The van der Waals surface area contributed by atoms with Crippen LogP contribution in [0.15, 0.2) is 51.8 Å². The second-order valence-corrected chi connectivity index (χ2v) is 5.92. The van der Waals surface area contributed by atoms with Gasteiger partial charge in [-0.1, -0.05) is 24.3 Å². The molecule has 2 aromatic rings. The highest BCUT2D eigenvalue weighted by Crippen LogP contribution is 2.28. The number of carbonyl (C=O) groups is 1. The average molecular weight is 339 g/mol. The molecule has 0 aromatic heterocycles. The Labute approximate surface area is 124 Å². The van der Waals surface area contributed by atoms with Crippen LogP contribution in [0.1, 0.15) is 22.8 Å². The first-order valence-corrected chi connectivity index (χ1v) is 7.52. The molecule has 0 aliphatic carbocycles. The van der Waals surface area contributed by atoms with Crippen molar-refractivity contribution in [2.75, 3.05) is 0 Å². The molecule has 0 aliphatic heterocycles. The van der Waals surface area contributed by atoms with E-state index in [-0.39, 0.29) is 11.6 Å². The summed E-state index contributed by atoms with van der Waals surface area (Å²) in [5, 5.41) is 0. The molecule has 0 heterocycles. The molecule has 19 heavy (non-hydrogen) atoms. The lowest BCUT2D eigenvalue weighted by Gasteiger charge is -2.05. The maximum atomic E-state index is 13.4. The Hall–Kier alpha value is -1.13. The number of halogens is 2. The van der Waals surface area contributed by atoms with E-state index in [1.807, 2.05) is 30.3 Å². The molecule has 1 nitrogen and oxygen atoms in total. The largest absolute Gasteiger partial charge is 0.295 e. The van der Waals surface area contributed by atoms with Crippen LogP contribution in [0, 0.1) is 5.82 Å². The number of hydrogen-bond acceptors (Lipinski definition) is 2. The second kappa shape index (κ2) is 6.35. The van der Waals surface area contributed by atoms with Gasteiger partial charge in [-0.25, -0.2) is 4.39 Å². The smallest absolute Gasteiger partial charge is 0.159 e. The van der Waals surface area contributed by atoms with Gasteiger partial charge in [0, 0.05) is 16.2 Å². The van der Waals surface area contributed by atoms with Crippen molar-refractivity contribution in [1.82, 2.24) is 0 Å². The van der Waals surface area contributed by atoms with Crippen LogP contribution in [0.3, 0.4) is 0 Å². The van der Waals surface area contributed by atoms with Gasteiger partial charge in [-0.2, -0.15) is 0 Å². The van der Waals surface area contributed by atoms with Crippen LogP contribution in [0.2, 0.25) is 0 Å². The number of carbonyl (C=O) groups excluding carboxylic acids is 1. The van der Waals surface area contributed by atoms with Crippen LogP contribution in [-0.2, 0) is 5.75 Å². The summed E-state index contributed by atoms with van der Waals surface area (Å²) in [5.74, 6) is 0.493. The molecular weight excluding hydrogens is 327 g/mol. The van der Waals surface area contributed by atoms with E-state index in [1.165, 1.54) is 6.07 Å². The lowest BCUT2D eigenvalue weighted by atomic mass is 10.2. The standard InChI is InChI=1S/C15H12BrFOS/c1-10(18)11-5-7-13(8-6-11)19-9-12-3-2-4-14(17)15(12)16/h2-8H,9H2,1H3. The van der Waals surface area contributed by atoms with Crippen LogP contribution in [0.25, 0.3) is 0 Å². The van der Waals surface area contributed by atoms with Crippen molar-refractivity contribution in [3.63, 3.8) is 0 Å². The fourth-order valence-electron chi connectivity index (χ4n) is 1.61. The van der Waals surface area contributed by atoms with E-state index in [0.29, 0.717) is 15.8 Å². The summed E-state index contributed by atoms with van der Waals surface area (Å²) in [6.07, 6.45) is 0. The van der Waals surface area contributed by atoms with Gasteiger partial charge in [0.25, 0.3) is 0 Å². The molecule has 2 aromatic carbocycles. The number of ketones is 1. The lowest BCUT2D eigenvalue weighted by Crippen LogP contribution is -1.91. The van der Waals surface area contributed by atoms with Gasteiger partial charge in [0.15, 0.2) is 5.78 Å². The van der Waals surface area contributed by atoms with Crippen LogP contribution in [-0.4, -0.2) is 5.78 Å². The average Bonchev–Trinajstić information content (AvgIpc) is 2.41. The molecule has 4 heteroatoms. The van der Waals surface area contributed by atoms with E-state index in [4.69, 9.17) is 0 Å². The predicted octanol–water partition coefficient (Wildman–Crippen LogP) is 5.08. The summed E-state index contributed by atoms with van der Waals surface area (Å²) in [6.45, 7) is 1.55. The Morgan fingerprint density at radius 3 is 2.53 bits per heavy atom. The van der Waals surface area contributed by atoms with Crippen LogP contribution >= 0.6 is 27.7 Å². The summed E-state index contributed by atoms with van der Waals surface area (Å²) < 4.78 is 13.9. The molecule has 0 bridgehead atoms. The first-order valence-electron chi connectivity index (χ1n) is 5.74. The Kier molecular flexibility index (Phi) is 4.77. The first-order chi connectivity index (χ1) is 9.08. The zero-order valence-corrected chi connectivity index (χ0v) is 12.7. The van der Waals surface area contributed by atoms with Gasteiger partial charge < -0.3 is 0 Å². The normalized spacial score (nSPS) is 10.5. The summed E-state index contributed by atoms with van der Waals surface area (Å²) in [4.78, 5) is 12.2. The minimum Gasteiger partial charge on any atom is -0.295 e. The Balaban J connectivity index is 2.06. The molecule has 0 spiro atoms. The molecule has 0 aliphatic rings. The zero-order chi connectivity index (χ0) is 13.8. The minimum atomic E-state index is -0.245. The molecular formula is C15H12BrFOS. The van der Waals surface area contributed by atoms with Crippen molar-refractivity contribution >= 4 is 33.5 Å². The number of rotatable bonds is 4. The number of hydrogen-bond donors (Lipinski definition) is 0. The number of thioether (sulfide) groups is 1. The summed E-state index contributed by atoms with van der Waals surface area (Å²) in [6, 6.07) is 12.5. The lowest BCUT2D eigenvalue weighted by molar-refractivity contribution is 0.101. The fourth-order valence-corrected chi connectivity index (χ4v) is 3.09. The molecule has 0 atom stereocenters. The van der Waals surface area contributed by atoms with Gasteiger partial charge in [-0.05, 0) is 46.6 Å². The minimum absolute atomic E-state index is 0.0597. The maximum Gasteiger partial charge on any atom is 0.159 e. The number of benzene rings is 2. The van der Waals surface area contributed by atoms with Gasteiger partial charge in [0.2, 0.25) is 0 Å². The van der Waals surface area contributed by atoms with E-state index < -0.39 is 0 Å². The SMILES string of the molecule is CC(=O)c1ccc(SCc2cccc(F)c2Br)cc1. The molecule has 0 radical (unpaired) electrons. The van der Waals surface area contributed by atoms with Gasteiger partial charge in [-0.3, -0.25) is 4.79 Å². The van der Waals surface area contributed by atoms with Crippen LogP contribution in [0.5, 0.6) is 0 Å². The quantitative estimate of drug-likeness (QED) is 0.571. The summed E-state index contributed by atoms with van der Waals surface area (Å²) in [7, 11) is 0. The highest BCUT2D eigenvalue weighted by Gasteiger charge is 2.06. The van der Waals surface area contributed by atoms with E-state index in [0.717, 1.165) is 10.5 Å². The summed E-state index contributed by atoms with van der Waals surface area (Å²) >= 11 is 4.86. The molecule has 0 amide bonds. The van der Waals surface area contributed by atoms with Crippen molar-refractivity contribution < 1.29 is 9.18 Å². The third kappa shape index (κ3) is 3.67. The van der Waals surface area contributed by atoms with E-state index in [2.05, 4.69) is 15.9 Å². The summed E-state index contributed by atoms with van der Waals surface area (Å²) in [5.41, 5.74) is 1.62. The van der Waals surface area contributed by atoms with E-state index >= 15 is 0 Å². The third-order valence-corrected chi connectivity index (χ3v) is 4.64. The Morgan fingerprint density at radius 2 is 1.89 bits per heavy atom. The monoisotopic (exact) mass is 338 g/mol. The predicted molar refractivity (Wildman–Crippen MR) is 80.1 cm³/mol. The van der Waals surface area contributed by atoms with E-state index in [9.17, 15) is 9.18 Å². The van der Waals surface area contributed by atoms with Crippen molar-refractivity contribution in [1.29, 1.82) is 0 Å². The second-order valence-electron chi connectivity index (χ2n) is 4.08. The topological polar surface area (TPSA) is 17.1 Å². The molecule has 0 unspecified atom stereocenters. The fraction of sp³-hybridized carbons (Fsp3) is 0.133. The van der Waals surface area contributed by atoms with Crippen molar-refractivity contribution in [3.05, 3.63) is 63.9 Å². The highest BCUT2D eigenvalue weighted by atomic mass is 79.9. The highest BCUT2D eigenvalue weighted by molar-refractivity contribution is 9.10. The Morgan fingerprint density at radius 1 is 1.21 bits per heavy atom. The molecule has 0 N–H and O–H groups in total. The molecule has 98 valence electrons.